The molecule has 0 aliphatic rings. The lowest BCUT2D eigenvalue weighted by atomic mass is 10.1. The molecule has 0 bridgehead atoms. The van der Waals surface area contributed by atoms with Crippen LogP contribution in [0.2, 0.25) is 0 Å². The lowest BCUT2D eigenvalue weighted by molar-refractivity contribution is 0.0697. The average molecular weight is 261 g/mol. The number of hydrogen-bond donors (Lipinski definition) is 3. The highest BCUT2D eigenvalue weighted by Gasteiger charge is 2.08. The minimum absolute atomic E-state index is 0.195. The summed E-state index contributed by atoms with van der Waals surface area (Å²) in [5, 5.41) is 22.0. The summed E-state index contributed by atoms with van der Waals surface area (Å²) in [6.07, 6.45) is 1.62. The van der Waals surface area contributed by atoms with Crippen LogP contribution >= 0.6 is 0 Å². The van der Waals surface area contributed by atoms with Crippen molar-refractivity contribution >= 4 is 22.7 Å². The molecule has 6 nitrogen and oxygen atoms in total. The SMILES string of the molecule is CC(O)CCNc1ncnc2cc(C(=O)O)ccc12. The van der Waals surface area contributed by atoms with Crippen molar-refractivity contribution in [2.75, 3.05) is 11.9 Å². The van der Waals surface area contributed by atoms with Crippen molar-refractivity contribution in [1.82, 2.24) is 9.97 Å². The van der Waals surface area contributed by atoms with Crippen LogP contribution in [0.15, 0.2) is 24.5 Å². The topological polar surface area (TPSA) is 95.3 Å². The highest BCUT2D eigenvalue weighted by atomic mass is 16.4. The third-order valence-corrected chi connectivity index (χ3v) is 2.74. The summed E-state index contributed by atoms with van der Waals surface area (Å²) in [5.41, 5.74) is 0.774. The molecule has 2 aromatic rings. The Hall–Kier alpha value is -2.21. The fourth-order valence-corrected chi connectivity index (χ4v) is 1.73. The van der Waals surface area contributed by atoms with Crippen LogP contribution in [-0.4, -0.2) is 38.8 Å². The van der Waals surface area contributed by atoms with Crippen molar-refractivity contribution in [1.29, 1.82) is 0 Å². The van der Waals surface area contributed by atoms with Crippen LogP contribution in [-0.2, 0) is 0 Å². The van der Waals surface area contributed by atoms with Crippen molar-refractivity contribution in [3.63, 3.8) is 0 Å². The van der Waals surface area contributed by atoms with Gasteiger partial charge in [-0.1, -0.05) is 0 Å². The second-order valence-electron chi connectivity index (χ2n) is 4.32. The lowest BCUT2D eigenvalue weighted by Crippen LogP contribution is -2.11. The van der Waals surface area contributed by atoms with Gasteiger partial charge in [0.25, 0.3) is 0 Å². The molecule has 0 amide bonds. The van der Waals surface area contributed by atoms with E-state index in [1.54, 1.807) is 13.0 Å². The Morgan fingerprint density at radius 2 is 2.21 bits per heavy atom. The predicted molar refractivity (Wildman–Crippen MR) is 71.3 cm³/mol. The maximum absolute atomic E-state index is 10.9. The second-order valence-corrected chi connectivity index (χ2v) is 4.32. The van der Waals surface area contributed by atoms with Crippen LogP contribution in [0, 0.1) is 0 Å². The van der Waals surface area contributed by atoms with E-state index in [9.17, 15) is 9.90 Å². The molecule has 2 rings (SSSR count). The Balaban J connectivity index is 2.27. The number of aliphatic hydroxyl groups excluding tert-OH is 1. The normalized spacial score (nSPS) is 12.3. The van der Waals surface area contributed by atoms with Gasteiger partial charge in [-0.3, -0.25) is 0 Å². The molecule has 1 aromatic heterocycles. The van der Waals surface area contributed by atoms with Crippen LogP contribution in [0.5, 0.6) is 0 Å². The van der Waals surface area contributed by atoms with E-state index < -0.39 is 5.97 Å². The van der Waals surface area contributed by atoms with E-state index in [0.717, 1.165) is 5.39 Å². The number of hydrogen-bond acceptors (Lipinski definition) is 5. The van der Waals surface area contributed by atoms with Crippen LogP contribution in [0.3, 0.4) is 0 Å². The summed E-state index contributed by atoms with van der Waals surface area (Å²) in [4.78, 5) is 19.1. The number of anilines is 1. The molecule has 1 heterocycles. The summed E-state index contributed by atoms with van der Waals surface area (Å²) < 4.78 is 0. The first-order valence-electron chi connectivity index (χ1n) is 5.98. The smallest absolute Gasteiger partial charge is 0.335 e. The van der Waals surface area contributed by atoms with Crippen LogP contribution in [0.4, 0.5) is 5.82 Å². The number of aliphatic hydroxyl groups is 1. The number of carboxylic acids is 1. The van der Waals surface area contributed by atoms with E-state index in [4.69, 9.17) is 5.11 Å². The number of carbonyl (C=O) groups is 1. The van der Waals surface area contributed by atoms with Crippen molar-refractivity contribution in [3.05, 3.63) is 30.1 Å². The Morgan fingerprint density at radius 3 is 2.89 bits per heavy atom. The summed E-state index contributed by atoms with van der Waals surface area (Å²) in [7, 11) is 0. The van der Waals surface area contributed by atoms with Crippen LogP contribution in [0.1, 0.15) is 23.7 Å². The van der Waals surface area contributed by atoms with E-state index in [0.29, 0.717) is 24.3 Å². The number of carboxylic acid groups (broad SMARTS) is 1. The first kappa shape index (κ1) is 13.2. The van der Waals surface area contributed by atoms with E-state index in [-0.39, 0.29) is 11.7 Å². The second kappa shape index (κ2) is 5.62. The van der Waals surface area contributed by atoms with E-state index in [2.05, 4.69) is 15.3 Å². The molecule has 0 saturated carbocycles. The van der Waals surface area contributed by atoms with E-state index in [1.165, 1.54) is 18.5 Å². The molecule has 1 atom stereocenters. The van der Waals surface area contributed by atoms with Crippen LogP contribution in [0.25, 0.3) is 10.9 Å². The van der Waals surface area contributed by atoms with Gasteiger partial charge in [0, 0.05) is 11.9 Å². The molecule has 19 heavy (non-hydrogen) atoms. The number of aromatic carboxylic acids is 1. The Morgan fingerprint density at radius 1 is 1.42 bits per heavy atom. The maximum atomic E-state index is 10.9. The van der Waals surface area contributed by atoms with Gasteiger partial charge in [0.1, 0.15) is 12.1 Å². The Bertz CT molecular complexity index is 599. The Labute approximate surface area is 110 Å². The van der Waals surface area contributed by atoms with Gasteiger partial charge in [-0.25, -0.2) is 14.8 Å². The molecule has 1 aromatic carbocycles. The number of fused-ring (bicyclic) bond motifs is 1. The molecule has 6 heteroatoms. The molecule has 0 saturated heterocycles. The molecule has 3 N–H and O–H groups in total. The summed E-state index contributed by atoms with van der Waals surface area (Å²) >= 11 is 0. The van der Waals surface area contributed by atoms with Crippen molar-refractivity contribution < 1.29 is 15.0 Å². The zero-order valence-electron chi connectivity index (χ0n) is 10.5. The molecule has 0 aliphatic carbocycles. The van der Waals surface area contributed by atoms with Gasteiger partial charge < -0.3 is 15.5 Å². The van der Waals surface area contributed by atoms with Gasteiger partial charge >= 0.3 is 5.97 Å². The number of rotatable bonds is 5. The van der Waals surface area contributed by atoms with E-state index >= 15 is 0 Å². The maximum Gasteiger partial charge on any atom is 0.335 e. The van der Waals surface area contributed by atoms with Crippen molar-refractivity contribution in [3.8, 4) is 0 Å². The van der Waals surface area contributed by atoms with Crippen molar-refractivity contribution in [2.24, 2.45) is 0 Å². The van der Waals surface area contributed by atoms with Gasteiger partial charge in [0.15, 0.2) is 0 Å². The fourth-order valence-electron chi connectivity index (χ4n) is 1.73. The highest BCUT2D eigenvalue weighted by Crippen LogP contribution is 2.20. The summed E-state index contributed by atoms with van der Waals surface area (Å²) in [5.74, 6) is -0.341. The highest BCUT2D eigenvalue weighted by molar-refractivity contribution is 5.96. The zero-order valence-corrected chi connectivity index (χ0v) is 10.5. The zero-order chi connectivity index (χ0) is 13.8. The first-order chi connectivity index (χ1) is 9.08. The number of benzene rings is 1. The third-order valence-electron chi connectivity index (χ3n) is 2.74. The van der Waals surface area contributed by atoms with Crippen LogP contribution < -0.4 is 5.32 Å². The van der Waals surface area contributed by atoms with Gasteiger partial charge in [-0.15, -0.1) is 0 Å². The molecule has 0 radical (unpaired) electrons. The largest absolute Gasteiger partial charge is 0.478 e. The molecule has 0 spiro atoms. The number of nitrogens with zero attached hydrogens (tertiary/aromatic N) is 2. The van der Waals surface area contributed by atoms with E-state index in [1.807, 2.05) is 0 Å². The summed E-state index contributed by atoms with van der Waals surface area (Å²) in [6, 6.07) is 4.72. The molecule has 1 unspecified atom stereocenters. The van der Waals surface area contributed by atoms with Gasteiger partial charge in [0.2, 0.25) is 0 Å². The number of nitrogens with one attached hydrogen (secondary N) is 1. The Kier molecular flexibility index (Phi) is 3.91. The average Bonchev–Trinajstić information content (AvgIpc) is 2.37. The molecular weight excluding hydrogens is 246 g/mol. The molecular formula is C13H15N3O3. The fraction of sp³-hybridized carbons (Fsp3) is 0.308. The van der Waals surface area contributed by atoms with Gasteiger partial charge in [0.05, 0.1) is 17.2 Å². The predicted octanol–water partition coefficient (Wildman–Crippen LogP) is 1.51. The van der Waals surface area contributed by atoms with Gasteiger partial charge in [-0.05, 0) is 31.5 Å². The summed E-state index contributed by atoms with van der Waals surface area (Å²) in [6.45, 7) is 2.31. The molecule has 100 valence electrons. The standard InChI is InChI=1S/C13H15N3O3/c1-8(17)4-5-14-12-10-3-2-9(13(18)19)6-11(10)15-7-16-12/h2-3,6-8,17H,4-5H2,1H3,(H,18,19)(H,14,15,16). The number of aromatic nitrogens is 2. The lowest BCUT2D eigenvalue weighted by Gasteiger charge is -2.09. The quantitative estimate of drug-likeness (QED) is 0.755. The molecule has 0 fully saturated rings. The van der Waals surface area contributed by atoms with Crippen molar-refractivity contribution in [2.45, 2.75) is 19.4 Å². The minimum atomic E-state index is -0.982. The first-order valence-corrected chi connectivity index (χ1v) is 5.98. The minimum Gasteiger partial charge on any atom is -0.478 e. The van der Waals surface area contributed by atoms with Gasteiger partial charge in [-0.2, -0.15) is 0 Å². The monoisotopic (exact) mass is 261 g/mol. The third kappa shape index (κ3) is 3.17. The molecule has 0 aliphatic heterocycles.